The Kier molecular flexibility index (Phi) is 4.32. The summed E-state index contributed by atoms with van der Waals surface area (Å²) < 4.78 is 23.1. The van der Waals surface area contributed by atoms with Gasteiger partial charge in [-0.15, -0.1) is 0 Å². The van der Waals surface area contributed by atoms with Crippen molar-refractivity contribution < 1.29 is 13.6 Å². The summed E-state index contributed by atoms with van der Waals surface area (Å²) in [5, 5.41) is 7.57. The van der Waals surface area contributed by atoms with E-state index in [1.165, 1.54) is 28.0 Å². The molecule has 0 aliphatic heterocycles. The van der Waals surface area contributed by atoms with Crippen molar-refractivity contribution in [1.82, 2.24) is 10.2 Å². The van der Waals surface area contributed by atoms with Gasteiger partial charge >= 0.3 is 0 Å². The molecule has 5 heteroatoms. The van der Waals surface area contributed by atoms with E-state index in [1.807, 2.05) is 6.20 Å². The maximum atomic E-state index is 13.3. The number of benzene rings is 1. The van der Waals surface area contributed by atoms with Crippen LogP contribution in [0.15, 0.2) is 41.6 Å². The number of aryl methyl sites for hydroxylation is 1. The molecule has 1 spiro atoms. The molecule has 1 fully saturated rings. The first-order chi connectivity index (χ1) is 14.2. The lowest BCUT2D eigenvalue weighted by atomic mass is 9.58. The fourth-order valence-corrected chi connectivity index (χ4v) is 5.90. The van der Waals surface area contributed by atoms with Gasteiger partial charge in [0.15, 0.2) is 5.78 Å². The van der Waals surface area contributed by atoms with E-state index in [2.05, 4.69) is 48.3 Å². The fourth-order valence-electron chi connectivity index (χ4n) is 5.90. The van der Waals surface area contributed by atoms with E-state index < -0.39 is 5.92 Å². The molecule has 4 aliphatic carbocycles. The van der Waals surface area contributed by atoms with Gasteiger partial charge in [-0.1, -0.05) is 43.7 Å². The Balaban J connectivity index is 0.000000279. The molecule has 0 radical (unpaired) electrons. The summed E-state index contributed by atoms with van der Waals surface area (Å²) in [6.45, 7) is 4.43. The zero-order valence-electron chi connectivity index (χ0n) is 17.7. The van der Waals surface area contributed by atoms with Gasteiger partial charge in [0.1, 0.15) is 0 Å². The van der Waals surface area contributed by atoms with Gasteiger partial charge < -0.3 is 0 Å². The molecule has 1 atom stereocenters. The number of aromatic amines is 1. The number of halogens is 2. The van der Waals surface area contributed by atoms with E-state index in [1.54, 1.807) is 0 Å². The highest BCUT2D eigenvalue weighted by Crippen LogP contribution is 2.57. The van der Waals surface area contributed by atoms with Crippen molar-refractivity contribution in [2.45, 2.75) is 76.6 Å². The van der Waals surface area contributed by atoms with Crippen molar-refractivity contribution in [3.63, 3.8) is 0 Å². The minimum atomic E-state index is -2.28. The highest BCUT2D eigenvalue weighted by Gasteiger charge is 2.52. The normalized spacial score (nSPS) is 27.5. The van der Waals surface area contributed by atoms with Crippen LogP contribution in [0.1, 0.15) is 74.8 Å². The maximum absolute atomic E-state index is 13.3. The Morgan fingerprint density at radius 3 is 2.47 bits per heavy atom. The van der Waals surface area contributed by atoms with Crippen LogP contribution >= 0.6 is 0 Å². The van der Waals surface area contributed by atoms with Gasteiger partial charge in [-0.05, 0) is 42.2 Å². The van der Waals surface area contributed by atoms with Gasteiger partial charge in [-0.3, -0.25) is 9.89 Å². The van der Waals surface area contributed by atoms with Crippen molar-refractivity contribution in [3.8, 4) is 0 Å². The van der Waals surface area contributed by atoms with Crippen molar-refractivity contribution >= 4 is 5.78 Å². The average Bonchev–Trinajstić information content (AvgIpc) is 3.26. The molecular weight excluding hydrogens is 382 g/mol. The minimum absolute atomic E-state index is 0.0623. The summed E-state index contributed by atoms with van der Waals surface area (Å²) in [4.78, 5) is 13.3. The molecule has 0 bridgehead atoms. The third-order valence-electron chi connectivity index (χ3n) is 7.29. The number of carbonyl (C=O) groups excluding carboxylic acids is 1. The number of ketones is 1. The molecule has 6 rings (SSSR count). The molecule has 2 aromatic rings. The van der Waals surface area contributed by atoms with Crippen LogP contribution in [-0.4, -0.2) is 21.9 Å². The van der Waals surface area contributed by atoms with E-state index >= 15 is 0 Å². The number of Topliss-reactive ketones (excluding diaryl/α,β-unsaturated/α-hetero) is 1. The van der Waals surface area contributed by atoms with Crippen LogP contribution in [0.4, 0.5) is 8.78 Å². The van der Waals surface area contributed by atoms with E-state index in [0.717, 1.165) is 31.3 Å². The van der Waals surface area contributed by atoms with E-state index in [4.69, 9.17) is 0 Å². The Labute approximate surface area is 176 Å². The van der Waals surface area contributed by atoms with Crippen molar-refractivity contribution in [3.05, 3.63) is 64.0 Å². The molecule has 4 aliphatic rings. The van der Waals surface area contributed by atoms with Gasteiger partial charge in [-0.2, -0.15) is 5.10 Å². The zero-order chi connectivity index (χ0) is 21.1. The molecule has 3 nitrogen and oxygen atoms in total. The van der Waals surface area contributed by atoms with Crippen molar-refractivity contribution in [2.24, 2.45) is 5.41 Å². The maximum Gasteiger partial charge on any atom is 0.248 e. The number of H-pyrrole nitrogens is 1. The number of nitrogens with zero attached hydrogens (tertiary/aromatic N) is 1. The second kappa shape index (κ2) is 6.60. The third kappa shape index (κ3) is 2.97. The van der Waals surface area contributed by atoms with Gasteiger partial charge in [-0.25, -0.2) is 8.78 Å². The Hall–Kier alpha value is -2.30. The van der Waals surface area contributed by atoms with Crippen LogP contribution in [-0.2, 0) is 23.1 Å². The van der Waals surface area contributed by atoms with Gasteiger partial charge in [0, 0.05) is 42.5 Å². The lowest BCUT2D eigenvalue weighted by molar-refractivity contribution is -0.118. The Morgan fingerprint density at radius 1 is 1.03 bits per heavy atom. The predicted molar refractivity (Wildman–Crippen MR) is 112 cm³/mol. The molecule has 1 aromatic carbocycles. The largest absolute Gasteiger partial charge is 0.294 e. The number of alkyl halides is 2. The van der Waals surface area contributed by atoms with Crippen LogP contribution in [0.3, 0.4) is 0 Å². The second-order valence-corrected chi connectivity index (χ2v) is 10.1. The number of rotatable bonds is 0. The molecule has 0 amide bonds. The lowest BCUT2D eigenvalue weighted by Crippen LogP contribution is -2.41. The summed E-state index contributed by atoms with van der Waals surface area (Å²) in [6.07, 6.45) is 7.46. The summed E-state index contributed by atoms with van der Waals surface area (Å²) in [5.41, 5.74) is 7.39. The van der Waals surface area contributed by atoms with Crippen LogP contribution < -0.4 is 0 Å². The van der Waals surface area contributed by atoms with Crippen LogP contribution in [0.2, 0.25) is 0 Å². The first kappa shape index (κ1) is 19.7. The van der Waals surface area contributed by atoms with Gasteiger partial charge in [0.05, 0.1) is 11.6 Å². The Bertz CT molecular complexity index is 1040. The summed E-state index contributed by atoms with van der Waals surface area (Å²) in [5.74, 6) is -1.93. The predicted octanol–water partition coefficient (Wildman–Crippen LogP) is 5.69. The van der Waals surface area contributed by atoms with Gasteiger partial charge in [0.2, 0.25) is 5.92 Å². The van der Waals surface area contributed by atoms with E-state index in [9.17, 15) is 13.6 Å². The summed E-state index contributed by atoms with van der Waals surface area (Å²) >= 11 is 0. The number of hydrogen-bond donors (Lipinski definition) is 1. The molecule has 1 aromatic heterocycles. The quantitative estimate of drug-likeness (QED) is 0.606. The van der Waals surface area contributed by atoms with Gasteiger partial charge in [0.25, 0.3) is 0 Å². The Morgan fingerprint density at radius 2 is 1.77 bits per heavy atom. The van der Waals surface area contributed by atoms with Crippen LogP contribution in [0.25, 0.3) is 0 Å². The standard InChI is InChI=1S/C21H22N2O.C4H6F2/c1-20(2)10-14-9-17-16(12-22-23-17)21(19(14)18(24)11-20)8-7-13-5-3-4-6-15(13)21;5-4(6)2-1-3-4/h3-6,12H,7-11H2,1-2H3,(H,22,23);1-3H2/t21-;/m1./s1. The second-order valence-electron chi connectivity index (χ2n) is 10.1. The van der Waals surface area contributed by atoms with E-state index in [-0.39, 0.29) is 23.7 Å². The molecule has 0 saturated heterocycles. The summed E-state index contributed by atoms with van der Waals surface area (Å²) in [6, 6.07) is 8.66. The molecule has 158 valence electrons. The first-order valence-electron chi connectivity index (χ1n) is 11.0. The third-order valence-corrected chi connectivity index (χ3v) is 7.29. The smallest absolute Gasteiger partial charge is 0.248 e. The van der Waals surface area contributed by atoms with Crippen molar-refractivity contribution in [2.75, 3.05) is 0 Å². The number of carbonyl (C=O) groups is 1. The molecule has 1 heterocycles. The SMILES string of the molecule is CC1(C)CC(=O)C2=C(Cc3[nH]ncc3[C@]23CCc2ccccc23)C1.FC1(F)CCC1. The number of fused-ring (bicyclic) bond motifs is 5. The minimum Gasteiger partial charge on any atom is -0.294 e. The number of nitrogens with one attached hydrogen (secondary N) is 1. The monoisotopic (exact) mass is 410 g/mol. The van der Waals surface area contributed by atoms with Crippen LogP contribution in [0, 0.1) is 5.41 Å². The highest BCUT2D eigenvalue weighted by atomic mass is 19.3. The number of aromatic nitrogens is 2. The molecular formula is C25H28F2N2O. The number of allylic oxidation sites excluding steroid dienone is 2. The zero-order valence-corrected chi connectivity index (χ0v) is 17.7. The molecule has 1 N–H and O–H groups in total. The molecule has 1 saturated carbocycles. The average molecular weight is 411 g/mol. The van der Waals surface area contributed by atoms with E-state index in [0.29, 0.717) is 18.6 Å². The highest BCUT2D eigenvalue weighted by molar-refractivity contribution is 6.02. The number of hydrogen-bond acceptors (Lipinski definition) is 2. The molecule has 0 unspecified atom stereocenters. The van der Waals surface area contributed by atoms with Crippen molar-refractivity contribution in [1.29, 1.82) is 0 Å². The fraction of sp³-hybridized carbons (Fsp3) is 0.520. The topological polar surface area (TPSA) is 45.8 Å². The molecule has 30 heavy (non-hydrogen) atoms. The first-order valence-corrected chi connectivity index (χ1v) is 11.0. The van der Waals surface area contributed by atoms with Crippen LogP contribution in [0.5, 0.6) is 0 Å². The lowest BCUT2D eigenvalue weighted by Gasteiger charge is -2.43. The summed E-state index contributed by atoms with van der Waals surface area (Å²) in [7, 11) is 0.